The number of pyridine rings is 1. The van der Waals surface area contributed by atoms with E-state index < -0.39 is 0 Å². The van der Waals surface area contributed by atoms with Gasteiger partial charge in [-0.05, 0) is 37.1 Å². The number of rotatable bonds is 8. The minimum absolute atomic E-state index is 0.0242. The maximum absolute atomic E-state index is 12.1. The quantitative estimate of drug-likeness (QED) is 0.662. The average molecular weight is 367 g/mol. The summed E-state index contributed by atoms with van der Waals surface area (Å²) in [6.45, 7) is 3.16. The highest BCUT2D eigenvalue weighted by Crippen LogP contribution is 2.32. The number of carbonyl (C=O) groups excluding carboxylic acids is 1. The second kappa shape index (κ2) is 9.10. The lowest BCUT2D eigenvalue weighted by Crippen LogP contribution is -2.27. The lowest BCUT2D eigenvalue weighted by molar-refractivity contribution is -0.120. The highest BCUT2D eigenvalue weighted by Gasteiger charge is 2.12. The largest absolute Gasteiger partial charge is 0.493 e. The summed E-state index contributed by atoms with van der Waals surface area (Å²) < 4.78 is 5.66. The summed E-state index contributed by atoms with van der Waals surface area (Å²) in [5.41, 5.74) is 2.84. The molecular formula is C20H21N3O2S. The van der Waals surface area contributed by atoms with E-state index in [0.717, 1.165) is 34.0 Å². The van der Waals surface area contributed by atoms with Crippen LogP contribution < -0.4 is 10.1 Å². The standard InChI is InChI=1S/C20H21N3O2S/c1-2-25-18-8-4-3-7-17(18)20-23-16(14-26-20)12-19(24)22-11-9-15-6-5-10-21-13-15/h3-8,10,13-14H,2,9,11-12H2,1H3,(H,22,24). The van der Waals surface area contributed by atoms with Crippen LogP contribution in [0, 0.1) is 0 Å². The van der Waals surface area contributed by atoms with Crippen molar-refractivity contribution in [3.05, 3.63) is 65.4 Å². The highest BCUT2D eigenvalue weighted by atomic mass is 32.1. The van der Waals surface area contributed by atoms with Crippen molar-refractivity contribution >= 4 is 17.2 Å². The van der Waals surface area contributed by atoms with Gasteiger partial charge in [-0.1, -0.05) is 18.2 Å². The molecule has 0 saturated carbocycles. The minimum Gasteiger partial charge on any atom is -0.493 e. The number of amides is 1. The molecule has 0 bridgehead atoms. The topological polar surface area (TPSA) is 64.1 Å². The first kappa shape index (κ1) is 18.1. The number of carbonyl (C=O) groups is 1. The number of hydrogen-bond donors (Lipinski definition) is 1. The molecule has 1 amide bonds. The number of aromatic nitrogens is 2. The Hall–Kier alpha value is -2.73. The second-order valence-electron chi connectivity index (χ2n) is 5.71. The number of benzene rings is 1. The molecule has 1 N–H and O–H groups in total. The van der Waals surface area contributed by atoms with Gasteiger partial charge in [0, 0.05) is 24.3 Å². The van der Waals surface area contributed by atoms with Crippen LogP contribution in [0.1, 0.15) is 18.2 Å². The van der Waals surface area contributed by atoms with Crippen LogP contribution >= 0.6 is 11.3 Å². The SMILES string of the molecule is CCOc1ccccc1-c1nc(CC(=O)NCCc2cccnc2)cs1. The molecule has 0 atom stereocenters. The van der Waals surface area contributed by atoms with Crippen LogP contribution in [-0.2, 0) is 17.6 Å². The van der Waals surface area contributed by atoms with Gasteiger partial charge < -0.3 is 10.1 Å². The summed E-state index contributed by atoms with van der Waals surface area (Å²) in [6, 6.07) is 11.7. The molecule has 0 aliphatic carbocycles. The van der Waals surface area contributed by atoms with Gasteiger partial charge in [-0.2, -0.15) is 0 Å². The summed E-state index contributed by atoms with van der Waals surface area (Å²) in [4.78, 5) is 20.8. The van der Waals surface area contributed by atoms with E-state index in [-0.39, 0.29) is 12.3 Å². The summed E-state index contributed by atoms with van der Waals surface area (Å²) >= 11 is 1.53. The Morgan fingerprint density at radius 1 is 1.23 bits per heavy atom. The smallest absolute Gasteiger partial charge is 0.226 e. The van der Waals surface area contributed by atoms with Gasteiger partial charge in [-0.25, -0.2) is 4.98 Å². The van der Waals surface area contributed by atoms with Crippen molar-refractivity contribution in [1.29, 1.82) is 0 Å². The number of nitrogens with zero attached hydrogens (tertiary/aromatic N) is 2. The molecule has 0 saturated heterocycles. The molecule has 0 unspecified atom stereocenters. The van der Waals surface area contributed by atoms with Crippen molar-refractivity contribution in [1.82, 2.24) is 15.3 Å². The van der Waals surface area contributed by atoms with E-state index in [2.05, 4.69) is 15.3 Å². The molecule has 134 valence electrons. The number of ether oxygens (including phenoxy) is 1. The third kappa shape index (κ3) is 4.89. The van der Waals surface area contributed by atoms with Crippen LogP contribution in [0.5, 0.6) is 5.75 Å². The zero-order valence-electron chi connectivity index (χ0n) is 14.6. The Labute approximate surface area is 157 Å². The predicted molar refractivity (Wildman–Crippen MR) is 103 cm³/mol. The predicted octanol–water partition coefficient (Wildman–Crippen LogP) is 3.51. The van der Waals surface area contributed by atoms with E-state index in [0.29, 0.717) is 13.2 Å². The van der Waals surface area contributed by atoms with Gasteiger partial charge >= 0.3 is 0 Å². The van der Waals surface area contributed by atoms with E-state index >= 15 is 0 Å². The van der Waals surface area contributed by atoms with Crippen molar-refractivity contribution in [2.75, 3.05) is 13.2 Å². The van der Waals surface area contributed by atoms with Crippen molar-refractivity contribution in [2.45, 2.75) is 19.8 Å². The maximum Gasteiger partial charge on any atom is 0.226 e. The Bertz CT molecular complexity index is 849. The molecule has 26 heavy (non-hydrogen) atoms. The summed E-state index contributed by atoms with van der Waals surface area (Å²) in [5.74, 6) is 0.792. The van der Waals surface area contributed by atoms with Crippen LogP contribution in [0.15, 0.2) is 54.2 Å². The average Bonchev–Trinajstić information content (AvgIpc) is 3.11. The normalized spacial score (nSPS) is 10.5. The Morgan fingerprint density at radius 2 is 2.12 bits per heavy atom. The summed E-state index contributed by atoms with van der Waals surface area (Å²) in [5, 5.41) is 5.73. The first-order valence-electron chi connectivity index (χ1n) is 8.58. The van der Waals surface area contributed by atoms with Gasteiger partial charge in [0.25, 0.3) is 0 Å². The third-order valence-electron chi connectivity index (χ3n) is 3.77. The van der Waals surface area contributed by atoms with Gasteiger partial charge in [-0.15, -0.1) is 11.3 Å². The molecule has 0 aliphatic heterocycles. The number of para-hydroxylation sites is 1. The van der Waals surface area contributed by atoms with Crippen LogP contribution in [0.2, 0.25) is 0 Å². The number of thiazole rings is 1. The Morgan fingerprint density at radius 3 is 2.92 bits per heavy atom. The fourth-order valence-electron chi connectivity index (χ4n) is 2.56. The molecule has 6 heteroatoms. The van der Waals surface area contributed by atoms with Crippen molar-refractivity contribution in [3.63, 3.8) is 0 Å². The van der Waals surface area contributed by atoms with E-state index in [9.17, 15) is 4.79 Å². The minimum atomic E-state index is -0.0242. The molecule has 0 spiro atoms. The maximum atomic E-state index is 12.1. The lowest BCUT2D eigenvalue weighted by Gasteiger charge is -2.07. The van der Waals surface area contributed by atoms with Crippen LogP contribution in [0.4, 0.5) is 0 Å². The lowest BCUT2D eigenvalue weighted by atomic mass is 10.2. The van der Waals surface area contributed by atoms with E-state index in [4.69, 9.17) is 4.74 Å². The van der Waals surface area contributed by atoms with E-state index in [1.165, 1.54) is 11.3 Å². The van der Waals surface area contributed by atoms with Gasteiger partial charge in [0.1, 0.15) is 10.8 Å². The van der Waals surface area contributed by atoms with E-state index in [1.807, 2.05) is 54.9 Å². The molecule has 2 aromatic heterocycles. The zero-order valence-corrected chi connectivity index (χ0v) is 15.5. The van der Waals surface area contributed by atoms with Gasteiger partial charge in [0.05, 0.1) is 24.3 Å². The highest BCUT2D eigenvalue weighted by molar-refractivity contribution is 7.13. The Kier molecular flexibility index (Phi) is 6.33. The number of nitrogens with one attached hydrogen (secondary N) is 1. The fourth-order valence-corrected chi connectivity index (χ4v) is 3.41. The molecule has 0 fully saturated rings. The molecule has 3 rings (SSSR count). The molecule has 2 heterocycles. The Balaban J connectivity index is 1.56. The summed E-state index contributed by atoms with van der Waals surface area (Å²) in [7, 11) is 0. The molecule has 0 aliphatic rings. The van der Waals surface area contributed by atoms with Gasteiger partial charge in [-0.3, -0.25) is 9.78 Å². The van der Waals surface area contributed by atoms with Crippen molar-refractivity contribution < 1.29 is 9.53 Å². The summed E-state index contributed by atoms with van der Waals surface area (Å²) in [6.07, 6.45) is 4.60. The fraction of sp³-hybridized carbons (Fsp3) is 0.250. The zero-order chi connectivity index (χ0) is 18.2. The molecule has 0 radical (unpaired) electrons. The van der Waals surface area contributed by atoms with Crippen molar-refractivity contribution in [3.8, 4) is 16.3 Å². The monoisotopic (exact) mass is 367 g/mol. The molecule has 1 aromatic carbocycles. The van der Waals surface area contributed by atoms with Crippen LogP contribution in [0.3, 0.4) is 0 Å². The first-order valence-corrected chi connectivity index (χ1v) is 9.46. The third-order valence-corrected chi connectivity index (χ3v) is 4.69. The molecular weight excluding hydrogens is 346 g/mol. The molecule has 5 nitrogen and oxygen atoms in total. The van der Waals surface area contributed by atoms with Crippen molar-refractivity contribution in [2.24, 2.45) is 0 Å². The first-order chi connectivity index (χ1) is 12.8. The van der Waals surface area contributed by atoms with Gasteiger partial charge in [0.2, 0.25) is 5.91 Å². The van der Waals surface area contributed by atoms with Gasteiger partial charge in [0.15, 0.2) is 0 Å². The van der Waals surface area contributed by atoms with Crippen LogP contribution in [0.25, 0.3) is 10.6 Å². The second-order valence-corrected chi connectivity index (χ2v) is 6.57. The van der Waals surface area contributed by atoms with E-state index in [1.54, 1.807) is 6.20 Å². The van der Waals surface area contributed by atoms with Crippen LogP contribution in [-0.4, -0.2) is 29.0 Å². The number of hydrogen-bond acceptors (Lipinski definition) is 5. The molecule has 3 aromatic rings.